The third-order valence-corrected chi connectivity index (χ3v) is 14.5. The van der Waals surface area contributed by atoms with Gasteiger partial charge in [-0.05, 0) is 225 Å². The number of allylic oxidation sites excluding steroid dienone is 17. The minimum atomic E-state index is 0.917. The molecule has 0 amide bonds. The van der Waals surface area contributed by atoms with Crippen LogP contribution < -0.4 is 5.32 Å². The molecule has 0 unspecified atom stereocenters. The third-order valence-electron chi connectivity index (χ3n) is 14.5. The summed E-state index contributed by atoms with van der Waals surface area (Å²) < 4.78 is 0. The number of nitrogens with zero attached hydrogens (tertiary/aromatic N) is 2. The molecule has 1 fully saturated rings. The maximum atomic E-state index is 3.78. The van der Waals surface area contributed by atoms with Gasteiger partial charge in [-0.25, -0.2) is 0 Å². The number of nitrogens with one attached hydrogen (secondary N) is 1. The molecule has 0 aliphatic carbocycles. The lowest BCUT2D eigenvalue weighted by atomic mass is 9.97. The number of hydrogen-bond donors (Lipinski definition) is 1. The molecule has 0 atom stereocenters. The Morgan fingerprint density at radius 3 is 1.11 bits per heavy atom. The normalized spacial score (nSPS) is 15.7. The molecule has 3 aromatic rings. The van der Waals surface area contributed by atoms with Gasteiger partial charge in [0.2, 0.25) is 0 Å². The summed E-state index contributed by atoms with van der Waals surface area (Å²) >= 11 is 0. The Morgan fingerprint density at radius 2 is 0.743 bits per heavy atom. The molecule has 1 N–H and O–H groups in total. The lowest BCUT2D eigenvalue weighted by Crippen LogP contribution is -2.46. The van der Waals surface area contributed by atoms with Crippen LogP contribution in [0.3, 0.4) is 0 Å². The Balaban J connectivity index is 0.987. The van der Waals surface area contributed by atoms with Gasteiger partial charge in [0.05, 0.1) is 0 Å². The van der Waals surface area contributed by atoms with Gasteiger partial charge < -0.3 is 10.2 Å². The molecule has 382 valence electrons. The second-order valence-electron chi connectivity index (χ2n) is 21.5. The minimum Gasteiger partial charge on any atom is -0.313 e. The second kappa shape index (κ2) is 34.2. The highest BCUT2D eigenvalue weighted by atomic mass is 15.3. The number of benzene rings is 3. The van der Waals surface area contributed by atoms with Crippen LogP contribution in [0.1, 0.15) is 184 Å². The summed E-state index contributed by atoms with van der Waals surface area (Å²) in [5.41, 5.74) is 15.1. The van der Waals surface area contributed by atoms with E-state index in [0.717, 1.165) is 58.2 Å². The van der Waals surface area contributed by atoms with Crippen molar-refractivity contribution in [1.82, 2.24) is 15.1 Å². The smallest absolute Gasteiger partial charge is 0.0217 e. The Kier molecular flexibility index (Phi) is 28.4. The Labute approximate surface area is 430 Å². The fourth-order valence-corrected chi connectivity index (χ4v) is 9.65. The summed E-state index contributed by atoms with van der Waals surface area (Å²) in [7, 11) is 0. The first kappa shape index (κ1) is 58.3. The molecular weight excluding hydrogens is 847 g/mol. The van der Waals surface area contributed by atoms with E-state index in [2.05, 4.69) is 194 Å². The first-order valence-electron chi connectivity index (χ1n) is 27.8. The van der Waals surface area contributed by atoms with Crippen molar-refractivity contribution in [2.45, 2.75) is 185 Å². The molecule has 1 aliphatic rings. The van der Waals surface area contributed by atoms with E-state index in [4.69, 9.17) is 0 Å². The standard InChI is InChI=1S/C67H99N3/c1-54(2)24-15-25-55(3)26-16-27-56(4)28-17-29-57(5)30-18-31-58(6)32-19-33-59(7)34-20-35-60(8)36-21-37-61(9)38-22-39-62(10)44-47-70-50-48-69(49-51-70)46-23-45-68-53-67-65-42-13-11-40-63(65)52-64-41-12-14-43-66(64)67/h11-14,24,26,28,30,32,34,36,38,40-44,52,68H,15-23,25,27,29,31,33,35,37,39,45-51,53H2,1-10H3/b55-26+,56-28+,57-30+,58-32+,59-34+,60-36+,61-38+,62-44+. The van der Waals surface area contributed by atoms with E-state index in [1.165, 1.54) is 181 Å². The van der Waals surface area contributed by atoms with Crippen LogP contribution in [-0.4, -0.2) is 55.6 Å². The highest BCUT2D eigenvalue weighted by Gasteiger charge is 2.15. The first-order chi connectivity index (χ1) is 33.9. The molecular formula is C67H99N3. The third kappa shape index (κ3) is 24.7. The van der Waals surface area contributed by atoms with Gasteiger partial charge in [-0.15, -0.1) is 0 Å². The molecule has 0 bridgehead atoms. The average molecular weight is 947 g/mol. The molecule has 4 rings (SSSR count). The fourth-order valence-electron chi connectivity index (χ4n) is 9.65. The predicted octanol–water partition coefficient (Wildman–Crippen LogP) is 18.9. The quantitative estimate of drug-likeness (QED) is 0.0382. The monoisotopic (exact) mass is 946 g/mol. The zero-order valence-electron chi connectivity index (χ0n) is 46.5. The van der Waals surface area contributed by atoms with Gasteiger partial charge in [-0.2, -0.15) is 0 Å². The summed E-state index contributed by atoms with van der Waals surface area (Å²) in [5.74, 6) is 0. The van der Waals surface area contributed by atoms with E-state index in [9.17, 15) is 0 Å². The maximum Gasteiger partial charge on any atom is 0.0217 e. The summed E-state index contributed by atoms with van der Waals surface area (Å²) in [6.07, 6.45) is 42.0. The largest absolute Gasteiger partial charge is 0.313 e. The minimum absolute atomic E-state index is 0.917. The van der Waals surface area contributed by atoms with Gasteiger partial charge >= 0.3 is 0 Å². The molecule has 3 heteroatoms. The summed E-state index contributed by atoms with van der Waals surface area (Å²) in [6, 6.07) is 20.0. The van der Waals surface area contributed by atoms with Gasteiger partial charge in [0, 0.05) is 39.3 Å². The summed E-state index contributed by atoms with van der Waals surface area (Å²) in [6.45, 7) is 31.8. The average Bonchev–Trinajstić information content (AvgIpc) is 3.33. The highest BCUT2D eigenvalue weighted by Crippen LogP contribution is 2.28. The van der Waals surface area contributed by atoms with Crippen LogP contribution in [0.4, 0.5) is 0 Å². The van der Waals surface area contributed by atoms with Crippen molar-refractivity contribution in [2.75, 3.05) is 45.8 Å². The van der Waals surface area contributed by atoms with Gasteiger partial charge in [0.25, 0.3) is 0 Å². The number of piperazine rings is 1. The zero-order valence-corrected chi connectivity index (χ0v) is 46.5. The zero-order chi connectivity index (χ0) is 50.4. The molecule has 1 aliphatic heterocycles. The molecule has 1 saturated heterocycles. The molecule has 0 aromatic heterocycles. The fraction of sp³-hybridized carbons (Fsp3) is 0.522. The van der Waals surface area contributed by atoms with Crippen LogP contribution >= 0.6 is 0 Å². The van der Waals surface area contributed by atoms with Crippen LogP contribution in [-0.2, 0) is 6.54 Å². The molecule has 1 heterocycles. The molecule has 0 radical (unpaired) electrons. The van der Waals surface area contributed by atoms with Crippen LogP contribution in [0.15, 0.2) is 159 Å². The number of hydrogen-bond acceptors (Lipinski definition) is 3. The van der Waals surface area contributed by atoms with Gasteiger partial charge in [0.15, 0.2) is 0 Å². The van der Waals surface area contributed by atoms with Crippen molar-refractivity contribution in [3.8, 4) is 0 Å². The summed E-state index contributed by atoms with van der Waals surface area (Å²) in [5, 5.41) is 9.18. The van der Waals surface area contributed by atoms with Crippen molar-refractivity contribution < 1.29 is 0 Å². The SMILES string of the molecule is CC(C)=CCC/C(C)=C/CC/C(C)=C/CC/C(C)=C/CC/C(C)=C/CC/C(C)=C/CC/C(C)=C/CC/C(C)=C/CC/C(C)=C/CN1CCN(CCCNCc2c3ccccc3cc3ccccc23)CC1. The molecule has 0 saturated carbocycles. The van der Waals surface area contributed by atoms with E-state index in [1.54, 1.807) is 0 Å². The van der Waals surface area contributed by atoms with Crippen LogP contribution in [0.5, 0.6) is 0 Å². The highest BCUT2D eigenvalue weighted by molar-refractivity contribution is 6.02. The number of fused-ring (bicyclic) bond motifs is 2. The van der Waals surface area contributed by atoms with Crippen LogP contribution in [0.2, 0.25) is 0 Å². The molecule has 3 aromatic carbocycles. The Morgan fingerprint density at radius 1 is 0.414 bits per heavy atom. The van der Waals surface area contributed by atoms with E-state index in [1.807, 2.05) is 0 Å². The maximum absolute atomic E-state index is 3.78. The lowest BCUT2D eigenvalue weighted by molar-refractivity contribution is 0.141. The van der Waals surface area contributed by atoms with E-state index in [-0.39, 0.29) is 0 Å². The molecule has 0 spiro atoms. The Bertz CT molecular complexity index is 2230. The van der Waals surface area contributed by atoms with Crippen LogP contribution in [0, 0.1) is 0 Å². The van der Waals surface area contributed by atoms with E-state index in [0.29, 0.717) is 0 Å². The Hall–Kier alpha value is -4.28. The molecule has 3 nitrogen and oxygen atoms in total. The van der Waals surface area contributed by atoms with Crippen molar-refractivity contribution in [3.63, 3.8) is 0 Å². The van der Waals surface area contributed by atoms with Gasteiger partial charge in [-0.1, -0.05) is 153 Å². The van der Waals surface area contributed by atoms with Crippen molar-refractivity contribution in [1.29, 1.82) is 0 Å². The van der Waals surface area contributed by atoms with E-state index >= 15 is 0 Å². The predicted molar refractivity (Wildman–Crippen MR) is 314 cm³/mol. The van der Waals surface area contributed by atoms with Crippen LogP contribution in [0.25, 0.3) is 21.5 Å². The van der Waals surface area contributed by atoms with Crippen molar-refractivity contribution in [2.24, 2.45) is 0 Å². The van der Waals surface area contributed by atoms with Crippen molar-refractivity contribution in [3.05, 3.63) is 165 Å². The van der Waals surface area contributed by atoms with Gasteiger partial charge in [-0.3, -0.25) is 4.90 Å². The number of rotatable bonds is 32. The first-order valence-corrected chi connectivity index (χ1v) is 27.8. The molecule has 70 heavy (non-hydrogen) atoms. The van der Waals surface area contributed by atoms with Gasteiger partial charge in [0.1, 0.15) is 0 Å². The second-order valence-corrected chi connectivity index (χ2v) is 21.5. The topological polar surface area (TPSA) is 18.5 Å². The van der Waals surface area contributed by atoms with Crippen molar-refractivity contribution >= 4 is 21.5 Å². The van der Waals surface area contributed by atoms with E-state index < -0.39 is 0 Å². The lowest BCUT2D eigenvalue weighted by Gasteiger charge is -2.34. The summed E-state index contributed by atoms with van der Waals surface area (Å²) in [4.78, 5) is 5.29.